The molecule has 2 atom stereocenters. The fraction of sp³-hybridized carbons (Fsp3) is 0.625. The molecule has 3 rings (SSSR count). The summed E-state index contributed by atoms with van der Waals surface area (Å²) in [5.41, 5.74) is 0.997. The first kappa shape index (κ1) is 13.2. The molecule has 1 aliphatic carbocycles. The van der Waals surface area contributed by atoms with Crippen LogP contribution < -0.4 is 0 Å². The Morgan fingerprint density at radius 1 is 0.947 bits per heavy atom. The molecule has 1 unspecified atom stereocenters. The highest BCUT2D eigenvalue weighted by Gasteiger charge is 2.56. The minimum Gasteiger partial charge on any atom is -0.403 e. The van der Waals surface area contributed by atoms with Crippen LogP contribution in [0, 0.1) is 0 Å². The lowest BCUT2D eigenvalue weighted by molar-refractivity contribution is 0.00578. The zero-order valence-electron chi connectivity index (χ0n) is 12.3. The molecule has 3 heteroatoms. The van der Waals surface area contributed by atoms with E-state index in [0.717, 1.165) is 0 Å². The minimum atomic E-state index is -0.214. The van der Waals surface area contributed by atoms with Gasteiger partial charge in [-0.25, -0.2) is 0 Å². The van der Waals surface area contributed by atoms with Crippen LogP contribution >= 0.6 is 0 Å². The van der Waals surface area contributed by atoms with Crippen molar-refractivity contribution in [1.29, 1.82) is 0 Å². The maximum Gasteiger partial charge on any atom is 0.461 e. The van der Waals surface area contributed by atoms with E-state index < -0.39 is 0 Å². The summed E-state index contributed by atoms with van der Waals surface area (Å²) in [5.74, 6) is 1.10. The van der Waals surface area contributed by atoms with Gasteiger partial charge in [0.25, 0.3) is 0 Å². The van der Waals surface area contributed by atoms with E-state index in [4.69, 9.17) is 9.31 Å². The summed E-state index contributed by atoms with van der Waals surface area (Å²) < 4.78 is 12.4. The summed E-state index contributed by atoms with van der Waals surface area (Å²) in [4.78, 5) is 0. The Morgan fingerprint density at radius 2 is 1.53 bits per heavy atom. The van der Waals surface area contributed by atoms with Crippen LogP contribution in [0.4, 0.5) is 0 Å². The van der Waals surface area contributed by atoms with Crippen molar-refractivity contribution in [3.05, 3.63) is 35.9 Å². The van der Waals surface area contributed by atoms with E-state index in [1.807, 2.05) is 0 Å². The van der Waals surface area contributed by atoms with Crippen molar-refractivity contribution >= 4 is 7.12 Å². The average molecular weight is 258 g/mol. The summed E-state index contributed by atoms with van der Waals surface area (Å²) >= 11 is 0. The molecule has 1 aromatic rings. The summed E-state index contributed by atoms with van der Waals surface area (Å²) in [7, 11) is -0.0519. The molecule has 1 saturated heterocycles. The van der Waals surface area contributed by atoms with Gasteiger partial charge in [-0.2, -0.15) is 0 Å². The van der Waals surface area contributed by atoms with Crippen LogP contribution in [0.5, 0.6) is 0 Å². The first-order chi connectivity index (χ1) is 8.91. The third-order valence-electron chi connectivity index (χ3n) is 5.18. The molecule has 1 saturated carbocycles. The standard InChI is InChI=1S/C16H23BO2/c1-15(2)16(3,4)19-17(18-15)14-11-10-13(14)12-8-6-5-7-9-12/h5-9,13-14H,10-11H2,1-4H3/t13?,14-/m1/s1. The molecule has 2 nitrogen and oxygen atoms in total. The third kappa shape index (κ3) is 2.13. The van der Waals surface area contributed by atoms with Crippen LogP contribution in [0.3, 0.4) is 0 Å². The molecule has 0 aromatic heterocycles. The zero-order chi connectivity index (χ0) is 13.7. The molecule has 1 aliphatic heterocycles. The lowest BCUT2D eigenvalue weighted by Crippen LogP contribution is -2.41. The van der Waals surface area contributed by atoms with Gasteiger partial charge in [-0.05, 0) is 45.6 Å². The number of benzene rings is 1. The third-order valence-corrected chi connectivity index (χ3v) is 5.18. The lowest BCUT2D eigenvalue weighted by Gasteiger charge is -2.38. The van der Waals surface area contributed by atoms with Crippen LogP contribution in [0.1, 0.15) is 52.0 Å². The SMILES string of the molecule is CC1(C)OB([C@@H]2CCC2c2ccccc2)OC1(C)C. The maximum atomic E-state index is 6.20. The van der Waals surface area contributed by atoms with Gasteiger partial charge >= 0.3 is 7.12 Å². The Morgan fingerprint density at radius 3 is 2.00 bits per heavy atom. The van der Waals surface area contributed by atoms with Gasteiger partial charge in [0.1, 0.15) is 0 Å². The fourth-order valence-corrected chi connectivity index (χ4v) is 3.03. The molecule has 0 amide bonds. The van der Waals surface area contributed by atoms with E-state index in [1.54, 1.807) is 0 Å². The minimum absolute atomic E-state index is 0.0519. The highest BCUT2D eigenvalue weighted by atomic mass is 16.7. The van der Waals surface area contributed by atoms with Crippen molar-refractivity contribution < 1.29 is 9.31 Å². The molecule has 0 spiro atoms. The molecule has 0 bridgehead atoms. The molecule has 2 fully saturated rings. The lowest BCUT2D eigenvalue weighted by atomic mass is 9.52. The second-order valence-corrected chi connectivity index (χ2v) is 6.88. The van der Waals surface area contributed by atoms with Crippen LogP contribution in [-0.2, 0) is 9.31 Å². The Kier molecular flexibility index (Phi) is 3.03. The van der Waals surface area contributed by atoms with Crippen LogP contribution in [0.15, 0.2) is 30.3 Å². The smallest absolute Gasteiger partial charge is 0.403 e. The number of hydrogen-bond donors (Lipinski definition) is 0. The van der Waals surface area contributed by atoms with E-state index >= 15 is 0 Å². The Bertz CT molecular complexity index is 439. The van der Waals surface area contributed by atoms with E-state index in [-0.39, 0.29) is 18.3 Å². The Hall–Kier alpha value is -0.795. The molecule has 1 aromatic carbocycles. The molecule has 0 radical (unpaired) electrons. The molecular weight excluding hydrogens is 235 g/mol. The molecular formula is C16H23BO2. The summed E-state index contributed by atoms with van der Waals surface area (Å²) in [5, 5.41) is 0. The van der Waals surface area contributed by atoms with Crippen LogP contribution in [0.25, 0.3) is 0 Å². The van der Waals surface area contributed by atoms with Gasteiger partial charge in [0.2, 0.25) is 0 Å². The topological polar surface area (TPSA) is 18.5 Å². The summed E-state index contributed by atoms with van der Waals surface area (Å²) in [6.07, 6.45) is 2.45. The quantitative estimate of drug-likeness (QED) is 0.746. The Balaban J connectivity index is 1.75. The second-order valence-electron chi connectivity index (χ2n) is 6.88. The first-order valence-corrected chi connectivity index (χ1v) is 7.31. The molecule has 19 heavy (non-hydrogen) atoms. The van der Waals surface area contributed by atoms with Crippen molar-refractivity contribution in [3.63, 3.8) is 0 Å². The van der Waals surface area contributed by atoms with Crippen molar-refractivity contribution in [2.24, 2.45) is 0 Å². The van der Waals surface area contributed by atoms with Gasteiger partial charge in [-0.1, -0.05) is 36.8 Å². The zero-order valence-corrected chi connectivity index (χ0v) is 12.3. The summed E-state index contributed by atoms with van der Waals surface area (Å²) in [6, 6.07) is 10.8. The molecule has 2 aliphatic rings. The Labute approximate surface area is 116 Å². The fourth-order valence-electron chi connectivity index (χ4n) is 3.03. The van der Waals surface area contributed by atoms with E-state index in [2.05, 4.69) is 58.0 Å². The van der Waals surface area contributed by atoms with E-state index in [1.165, 1.54) is 18.4 Å². The summed E-state index contributed by atoms with van der Waals surface area (Å²) in [6.45, 7) is 8.51. The van der Waals surface area contributed by atoms with Crippen LogP contribution in [0.2, 0.25) is 5.82 Å². The number of hydrogen-bond acceptors (Lipinski definition) is 2. The van der Waals surface area contributed by atoms with Crippen molar-refractivity contribution in [2.75, 3.05) is 0 Å². The normalized spacial score (nSPS) is 32.1. The molecule has 1 heterocycles. The van der Waals surface area contributed by atoms with Crippen molar-refractivity contribution in [3.8, 4) is 0 Å². The molecule has 102 valence electrons. The maximum absolute atomic E-state index is 6.20. The van der Waals surface area contributed by atoms with Gasteiger partial charge in [0.15, 0.2) is 0 Å². The number of rotatable bonds is 2. The van der Waals surface area contributed by atoms with Gasteiger partial charge in [-0.15, -0.1) is 0 Å². The first-order valence-electron chi connectivity index (χ1n) is 7.31. The molecule has 0 N–H and O–H groups in total. The van der Waals surface area contributed by atoms with Gasteiger partial charge in [0, 0.05) is 5.82 Å². The predicted octanol–water partition coefficient (Wildman–Crippen LogP) is 4.03. The largest absolute Gasteiger partial charge is 0.461 e. The second kappa shape index (κ2) is 4.36. The van der Waals surface area contributed by atoms with Gasteiger partial charge in [-0.3, -0.25) is 0 Å². The van der Waals surface area contributed by atoms with Crippen molar-refractivity contribution in [1.82, 2.24) is 0 Å². The predicted molar refractivity (Wildman–Crippen MR) is 78.2 cm³/mol. The van der Waals surface area contributed by atoms with Crippen molar-refractivity contribution in [2.45, 2.75) is 63.5 Å². The van der Waals surface area contributed by atoms with Gasteiger partial charge in [0.05, 0.1) is 11.2 Å². The van der Waals surface area contributed by atoms with E-state index in [9.17, 15) is 0 Å². The van der Waals surface area contributed by atoms with Gasteiger partial charge < -0.3 is 9.31 Å². The highest BCUT2D eigenvalue weighted by molar-refractivity contribution is 6.48. The van der Waals surface area contributed by atoms with Crippen LogP contribution in [-0.4, -0.2) is 18.3 Å². The average Bonchev–Trinajstić information content (AvgIpc) is 2.47. The van der Waals surface area contributed by atoms with E-state index in [0.29, 0.717) is 11.7 Å². The monoisotopic (exact) mass is 258 g/mol. The highest BCUT2D eigenvalue weighted by Crippen LogP contribution is 2.53.